The second-order valence-electron chi connectivity index (χ2n) is 7.86. The van der Waals surface area contributed by atoms with E-state index in [-0.39, 0.29) is 17.9 Å². The summed E-state index contributed by atoms with van der Waals surface area (Å²) in [5.41, 5.74) is 1.68. The predicted molar refractivity (Wildman–Crippen MR) is 101 cm³/mol. The van der Waals surface area contributed by atoms with Crippen molar-refractivity contribution in [3.05, 3.63) is 36.3 Å². The van der Waals surface area contributed by atoms with Gasteiger partial charge >= 0.3 is 0 Å². The number of piperidine rings is 1. The number of H-pyrrole nitrogens is 1. The Balaban J connectivity index is 1.50. The molecule has 2 aromatic rings. The molecule has 2 saturated heterocycles. The Bertz CT molecular complexity index is 847. The van der Waals surface area contributed by atoms with Gasteiger partial charge in [-0.05, 0) is 51.3 Å². The number of hydrogen-bond acceptors (Lipinski definition) is 4. The average molecular weight is 367 g/mol. The van der Waals surface area contributed by atoms with E-state index in [1.54, 1.807) is 23.4 Å². The third-order valence-corrected chi connectivity index (χ3v) is 5.82. The summed E-state index contributed by atoms with van der Waals surface area (Å²) in [4.78, 5) is 33.8. The van der Waals surface area contributed by atoms with Crippen molar-refractivity contribution in [3.63, 3.8) is 0 Å². The zero-order valence-electron chi connectivity index (χ0n) is 15.8. The molecule has 1 spiro atoms. The predicted octanol–water partition coefficient (Wildman–Crippen LogP) is 2.33. The summed E-state index contributed by atoms with van der Waals surface area (Å²) in [5, 5.41) is 7.11. The van der Waals surface area contributed by atoms with Gasteiger partial charge in [0.25, 0.3) is 5.91 Å². The van der Waals surface area contributed by atoms with Gasteiger partial charge in [0.2, 0.25) is 5.91 Å². The first-order valence-corrected chi connectivity index (χ1v) is 9.56. The molecule has 2 fully saturated rings. The van der Waals surface area contributed by atoms with Crippen molar-refractivity contribution in [2.24, 2.45) is 5.41 Å². The smallest absolute Gasteiger partial charge is 0.271 e. The Labute approximate surface area is 158 Å². The fourth-order valence-corrected chi connectivity index (χ4v) is 4.29. The molecule has 0 saturated carbocycles. The number of nitrogens with one attached hydrogen (secondary N) is 1. The van der Waals surface area contributed by atoms with E-state index in [9.17, 15) is 9.59 Å². The highest BCUT2D eigenvalue weighted by Gasteiger charge is 2.49. The molecule has 2 aliphatic heterocycles. The number of carbonyl (C=O) groups excluding carboxylic acids is 2. The first-order valence-electron chi connectivity index (χ1n) is 9.56. The quantitative estimate of drug-likeness (QED) is 0.903. The van der Waals surface area contributed by atoms with Gasteiger partial charge in [-0.3, -0.25) is 19.7 Å². The largest absolute Gasteiger partial charge is 0.340 e. The Morgan fingerprint density at radius 3 is 2.74 bits per heavy atom. The van der Waals surface area contributed by atoms with Crippen molar-refractivity contribution in [1.82, 2.24) is 25.0 Å². The third kappa shape index (κ3) is 3.11. The molecule has 1 N–H and O–H groups in total. The van der Waals surface area contributed by atoms with Gasteiger partial charge in [0.15, 0.2) is 0 Å². The Hall–Kier alpha value is -2.70. The topological polar surface area (TPSA) is 82.2 Å². The summed E-state index contributed by atoms with van der Waals surface area (Å²) >= 11 is 0. The molecule has 27 heavy (non-hydrogen) atoms. The van der Waals surface area contributed by atoms with Crippen molar-refractivity contribution in [3.8, 4) is 11.3 Å². The molecule has 4 heterocycles. The molecule has 4 rings (SSSR count). The molecule has 2 amide bonds. The molecule has 2 aliphatic rings. The number of carbonyl (C=O) groups is 2. The van der Waals surface area contributed by atoms with Crippen LogP contribution in [0, 0.1) is 5.41 Å². The number of aromatic amines is 1. The summed E-state index contributed by atoms with van der Waals surface area (Å²) < 4.78 is 0. The first-order chi connectivity index (χ1) is 13.0. The van der Waals surface area contributed by atoms with E-state index >= 15 is 0 Å². The molecule has 0 aromatic carbocycles. The molecular weight excluding hydrogens is 342 g/mol. The van der Waals surface area contributed by atoms with Crippen LogP contribution in [0.2, 0.25) is 0 Å². The maximum Gasteiger partial charge on any atom is 0.271 e. The molecule has 2 aromatic heterocycles. The summed E-state index contributed by atoms with van der Waals surface area (Å²) in [7, 11) is 0. The van der Waals surface area contributed by atoms with Crippen LogP contribution in [0.25, 0.3) is 11.3 Å². The zero-order chi connectivity index (χ0) is 19.0. The number of aromatic nitrogens is 3. The maximum absolute atomic E-state index is 13.0. The highest BCUT2D eigenvalue weighted by Crippen LogP contribution is 2.41. The van der Waals surface area contributed by atoms with Crippen LogP contribution < -0.4 is 0 Å². The third-order valence-electron chi connectivity index (χ3n) is 5.82. The van der Waals surface area contributed by atoms with Crippen LogP contribution in [0.15, 0.2) is 30.6 Å². The Kier molecular flexibility index (Phi) is 4.45. The molecule has 0 aliphatic carbocycles. The normalized spacial score (nSPS) is 22.9. The van der Waals surface area contributed by atoms with Crippen LogP contribution in [0.1, 0.15) is 43.6 Å². The van der Waals surface area contributed by atoms with Crippen molar-refractivity contribution >= 4 is 11.8 Å². The Morgan fingerprint density at radius 2 is 2.00 bits per heavy atom. The summed E-state index contributed by atoms with van der Waals surface area (Å²) in [5.74, 6) is 0.121. The van der Waals surface area contributed by atoms with E-state index in [1.807, 2.05) is 17.0 Å². The molecule has 0 bridgehead atoms. The van der Waals surface area contributed by atoms with Crippen LogP contribution in [0.3, 0.4) is 0 Å². The molecule has 0 radical (unpaired) electrons. The molecule has 1 atom stereocenters. The Morgan fingerprint density at radius 1 is 1.22 bits per heavy atom. The van der Waals surface area contributed by atoms with E-state index in [2.05, 4.69) is 29.0 Å². The minimum Gasteiger partial charge on any atom is -0.340 e. The SMILES string of the molecule is CC(C)N1CCC[C@@]2(CCN(C(=O)c3cc(-c4ccncc4)n[nH]3)C2)C1=O. The summed E-state index contributed by atoms with van der Waals surface area (Å²) in [6.45, 7) is 6.04. The standard InChI is InChI=1S/C20H25N5O2/c1-14(2)25-10-3-6-20(19(25)27)7-11-24(13-20)18(26)17-12-16(22-23-17)15-4-8-21-9-5-15/h4-5,8-9,12,14H,3,6-7,10-11,13H2,1-2H3,(H,22,23)/t20-/m0/s1. The lowest BCUT2D eigenvalue weighted by atomic mass is 9.78. The fraction of sp³-hybridized carbons (Fsp3) is 0.500. The van der Waals surface area contributed by atoms with Crippen molar-refractivity contribution in [2.75, 3.05) is 19.6 Å². The van der Waals surface area contributed by atoms with E-state index in [1.165, 1.54) is 0 Å². The van der Waals surface area contributed by atoms with E-state index in [0.29, 0.717) is 18.8 Å². The summed E-state index contributed by atoms with van der Waals surface area (Å²) in [6.07, 6.45) is 6.01. The highest BCUT2D eigenvalue weighted by molar-refractivity contribution is 5.95. The second kappa shape index (κ2) is 6.79. The zero-order valence-corrected chi connectivity index (χ0v) is 15.8. The van der Waals surface area contributed by atoms with E-state index in [4.69, 9.17) is 0 Å². The van der Waals surface area contributed by atoms with Gasteiger partial charge in [-0.15, -0.1) is 0 Å². The van der Waals surface area contributed by atoms with Gasteiger partial charge < -0.3 is 9.80 Å². The maximum atomic E-state index is 13.0. The lowest BCUT2D eigenvalue weighted by molar-refractivity contribution is -0.147. The monoisotopic (exact) mass is 367 g/mol. The second-order valence-corrected chi connectivity index (χ2v) is 7.86. The van der Waals surface area contributed by atoms with Crippen molar-refractivity contribution in [2.45, 2.75) is 39.2 Å². The van der Waals surface area contributed by atoms with Crippen molar-refractivity contribution in [1.29, 1.82) is 0 Å². The summed E-state index contributed by atoms with van der Waals surface area (Å²) in [6, 6.07) is 5.69. The lowest BCUT2D eigenvalue weighted by Gasteiger charge is -2.41. The molecule has 0 unspecified atom stereocenters. The van der Waals surface area contributed by atoms with Crippen molar-refractivity contribution < 1.29 is 9.59 Å². The fourth-order valence-electron chi connectivity index (χ4n) is 4.29. The highest BCUT2D eigenvalue weighted by atomic mass is 16.2. The minimum absolute atomic E-state index is 0.0887. The lowest BCUT2D eigenvalue weighted by Crippen LogP contribution is -2.52. The van der Waals surface area contributed by atoms with E-state index < -0.39 is 5.41 Å². The first kappa shape index (κ1) is 17.7. The number of amides is 2. The van der Waals surface area contributed by atoms with Gasteiger partial charge in [0.05, 0.1) is 11.1 Å². The van der Waals surface area contributed by atoms with Gasteiger partial charge in [-0.25, -0.2) is 0 Å². The number of pyridine rings is 1. The van der Waals surface area contributed by atoms with Crippen LogP contribution in [0.5, 0.6) is 0 Å². The van der Waals surface area contributed by atoms with Crippen LogP contribution in [-0.4, -0.2) is 62.5 Å². The van der Waals surface area contributed by atoms with Crippen LogP contribution in [-0.2, 0) is 4.79 Å². The molecule has 7 nitrogen and oxygen atoms in total. The van der Waals surface area contributed by atoms with Crippen LogP contribution in [0.4, 0.5) is 0 Å². The van der Waals surface area contributed by atoms with Gasteiger partial charge in [0.1, 0.15) is 5.69 Å². The molecular formula is C20H25N5O2. The van der Waals surface area contributed by atoms with E-state index in [0.717, 1.165) is 37.1 Å². The van der Waals surface area contributed by atoms with Crippen LogP contribution >= 0.6 is 0 Å². The minimum atomic E-state index is -0.411. The van der Waals surface area contributed by atoms with Gasteiger partial charge in [-0.2, -0.15) is 5.10 Å². The number of likely N-dealkylation sites (tertiary alicyclic amines) is 2. The molecule has 7 heteroatoms. The van der Waals surface area contributed by atoms with Gasteiger partial charge in [0, 0.05) is 43.6 Å². The van der Waals surface area contributed by atoms with Gasteiger partial charge in [-0.1, -0.05) is 0 Å². The molecule has 142 valence electrons. The number of rotatable bonds is 3. The number of nitrogens with zero attached hydrogens (tertiary/aromatic N) is 4. The average Bonchev–Trinajstić information content (AvgIpc) is 3.32. The number of hydrogen-bond donors (Lipinski definition) is 1.